The Balaban J connectivity index is 2.41. The molecule has 1 aromatic carbocycles. The molecule has 0 saturated heterocycles. The van der Waals surface area contributed by atoms with Gasteiger partial charge >= 0.3 is 0 Å². The molecule has 0 radical (unpaired) electrons. The molecule has 0 fully saturated rings. The highest BCUT2D eigenvalue weighted by molar-refractivity contribution is 5.40. The first kappa shape index (κ1) is 11.7. The third kappa shape index (κ3) is 2.03. The molecule has 0 aliphatic heterocycles. The van der Waals surface area contributed by atoms with Crippen LogP contribution in [0.1, 0.15) is 69.6 Å². The summed E-state index contributed by atoms with van der Waals surface area (Å²) >= 11 is 0. The molecule has 16 heavy (non-hydrogen) atoms. The molecule has 1 unspecified atom stereocenters. The van der Waals surface area contributed by atoms with E-state index in [0.717, 1.165) is 5.92 Å². The first-order valence-electron chi connectivity index (χ1n) is 6.52. The van der Waals surface area contributed by atoms with Gasteiger partial charge in [-0.05, 0) is 46.8 Å². The lowest BCUT2D eigenvalue weighted by Crippen LogP contribution is -2.16. The Hall–Kier alpha value is -0.780. The minimum absolute atomic E-state index is 0.404. The Morgan fingerprint density at radius 2 is 1.88 bits per heavy atom. The van der Waals surface area contributed by atoms with Crippen LogP contribution < -0.4 is 0 Å². The van der Waals surface area contributed by atoms with Crippen LogP contribution in [-0.4, -0.2) is 0 Å². The minimum Gasteiger partial charge on any atom is -0.0596 e. The molecule has 0 nitrogen and oxygen atoms in total. The molecule has 0 heterocycles. The van der Waals surface area contributed by atoms with Gasteiger partial charge in [0, 0.05) is 0 Å². The van der Waals surface area contributed by atoms with E-state index in [4.69, 9.17) is 0 Å². The summed E-state index contributed by atoms with van der Waals surface area (Å²) in [5.74, 6) is 1.40. The van der Waals surface area contributed by atoms with Crippen LogP contribution in [-0.2, 0) is 6.42 Å². The molecular weight excluding hydrogens is 192 g/mol. The molecule has 0 amide bonds. The van der Waals surface area contributed by atoms with E-state index in [9.17, 15) is 0 Å². The van der Waals surface area contributed by atoms with Crippen molar-refractivity contribution < 1.29 is 0 Å². The summed E-state index contributed by atoms with van der Waals surface area (Å²) in [6.45, 7) is 11.7. The van der Waals surface area contributed by atoms with E-state index in [-0.39, 0.29) is 0 Å². The standard InChI is InChI=1S/C16H24/c1-11(2)13-7-6-12-8-9-15(14(12)10-13)16(3,4)5/h6-7,10-11,15H,8-9H2,1-5H3. The first-order valence-corrected chi connectivity index (χ1v) is 6.52. The normalized spacial score (nSPS) is 20.2. The molecule has 0 bridgehead atoms. The molecule has 0 heteroatoms. The fraction of sp³-hybridized carbons (Fsp3) is 0.625. The van der Waals surface area contributed by atoms with E-state index >= 15 is 0 Å². The van der Waals surface area contributed by atoms with Crippen molar-refractivity contribution in [1.29, 1.82) is 0 Å². The number of hydrogen-bond acceptors (Lipinski definition) is 0. The van der Waals surface area contributed by atoms with E-state index in [1.165, 1.54) is 18.4 Å². The van der Waals surface area contributed by atoms with Gasteiger partial charge in [-0.1, -0.05) is 52.8 Å². The first-order chi connectivity index (χ1) is 7.39. The fourth-order valence-corrected chi connectivity index (χ4v) is 2.88. The lowest BCUT2D eigenvalue weighted by atomic mass is 9.77. The second kappa shape index (κ2) is 3.91. The zero-order valence-electron chi connectivity index (χ0n) is 11.3. The Labute approximate surface area is 100 Å². The van der Waals surface area contributed by atoms with Crippen LogP contribution in [0.5, 0.6) is 0 Å². The van der Waals surface area contributed by atoms with Gasteiger partial charge in [0.1, 0.15) is 0 Å². The van der Waals surface area contributed by atoms with Gasteiger partial charge in [0.05, 0.1) is 0 Å². The van der Waals surface area contributed by atoms with E-state index in [0.29, 0.717) is 11.3 Å². The molecule has 0 saturated carbocycles. The third-order valence-electron chi connectivity index (χ3n) is 3.96. The SMILES string of the molecule is CC(C)c1ccc2c(c1)C(C(C)(C)C)CC2. The van der Waals surface area contributed by atoms with Crippen LogP contribution in [0, 0.1) is 5.41 Å². The van der Waals surface area contributed by atoms with Crippen molar-refractivity contribution >= 4 is 0 Å². The van der Waals surface area contributed by atoms with Crippen molar-refractivity contribution in [3.63, 3.8) is 0 Å². The molecule has 0 aromatic heterocycles. The van der Waals surface area contributed by atoms with Gasteiger partial charge in [-0.3, -0.25) is 0 Å². The van der Waals surface area contributed by atoms with Crippen molar-refractivity contribution in [2.24, 2.45) is 5.41 Å². The van der Waals surface area contributed by atoms with Crippen LogP contribution in [0.25, 0.3) is 0 Å². The number of fused-ring (bicyclic) bond motifs is 1. The highest BCUT2D eigenvalue weighted by Crippen LogP contribution is 2.45. The van der Waals surface area contributed by atoms with E-state index in [1.54, 1.807) is 11.1 Å². The summed E-state index contributed by atoms with van der Waals surface area (Å²) in [7, 11) is 0. The molecule has 1 aliphatic rings. The molecule has 88 valence electrons. The predicted octanol–water partition coefficient (Wildman–Crippen LogP) is 4.89. The van der Waals surface area contributed by atoms with Gasteiger partial charge in [0.2, 0.25) is 0 Å². The number of rotatable bonds is 1. The zero-order chi connectivity index (χ0) is 11.9. The molecule has 0 spiro atoms. The maximum Gasteiger partial charge on any atom is -0.0107 e. The quantitative estimate of drug-likeness (QED) is 0.627. The summed E-state index contributed by atoms with van der Waals surface area (Å²) in [4.78, 5) is 0. The Morgan fingerprint density at radius 1 is 1.19 bits per heavy atom. The number of aryl methyl sites for hydroxylation is 1. The van der Waals surface area contributed by atoms with Crippen LogP contribution in [0.15, 0.2) is 18.2 Å². The Kier molecular flexibility index (Phi) is 2.86. The van der Waals surface area contributed by atoms with Crippen molar-refractivity contribution in [1.82, 2.24) is 0 Å². The van der Waals surface area contributed by atoms with E-state index < -0.39 is 0 Å². The van der Waals surface area contributed by atoms with Crippen LogP contribution in [0.4, 0.5) is 0 Å². The number of hydrogen-bond donors (Lipinski definition) is 0. The molecule has 1 atom stereocenters. The summed E-state index contributed by atoms with van der Waals surface area (Å²) in [6, 6.07) is 7.13. The monoisotopic (exact) mass is 216 g/mol. The maximum atomic E-state index is 2.46. The van der Waals surface area contributed by atoms with E-state index in [1.807, 2.05) is 0 Å². The summed E-state index contributed by atoms with van der Waals surface area (Å²) < 4.78 is 0. The lowest BCUT2D eigenvalue weighted by Gasteiger charge is -2.28. The highest BCUT2D eigenvalue weighted by Gasteiger charge is 2.32. The molecule has 1 aliphatic carbocycles. The second-order valence-corrected chi connectivity index (χ2v) is 6.57. The summed E-state index contributed by atoms with van der Waals surface area (Å²) in [6.07, 6.45) is 2.61. The predicted molar refractivity (Wildman–Crippen MR) is 71.0 cm³/mol. The van der Waals surface area contributed by atoms with Gasteiger partial charge in [0.25, 0.3) is 0 Å². The summed E-state index contributed by atoms with van der Waals surface area (Å²) in [5.41, 5.74) is 5.11. The zero-order valence-corrected chi connectivity index (χ0v) is 11.3. The Morgan fingerprint density at radius 3 is 2.44 bits per heavy atom. The Bertz CT molecular complexity index is 380. The van der Waals surface area contributed by atoms with Crippen LogP contribution in [0.2, 0.25) is 0 Å². The lowest BCUT2D eigenvalue weighted by molar-refractivity contribution is 0.319. The van der Waals surface area contributed by atoms with E-state index in [2.05, 4.69) is 52.8 Å². The molecule has 2 rings (SSSR count). The van der Waals surface area contributed by atoms with Gasteiger partial charge in [-0.25, -0.2) is 0 Å². The average Bonchev–Trinajstić information content (AvgIpc) is 2.58. The van der Waals surface area contributed by atoms with Crippen molar-refractivity contribution in [2.45, 2.75) is 59.3 Å². The van der Waals surface area contributed by atoms with Crippen LogP contribution >= 0.6 is 0 Å². The highest BCUT2D eigenvalue weighted by atomic mass is 14.4. The van der Waals surface area contributed by atoms with Gasteiger partial charge in [-0.15, -0.1) is 0 Å². The molecule has 0 N–H and O–H groups in total. The number of benzene rings is 1. The van der Waals surface area contributed by atoms with Crippen LogP contribution in [0.3, 0.4) is 0 Å². The molecule has 1 aromatic rings. The minimum atomic E-state index is 0.404. The van der Waals surface area contributed by atoms with Gasteiger partial charge in [0.15, 0.2) is 0 Å². The van der Waals surface area contributed by atoms with Crippen molar-refractivity contribution in [3.8, 4) is 0 Å². The average molecular weight is 216 g/mol. The van der Waals surface area contributed by atoms with Gasteiger partial charge < -0.3 is 0 Å². The van der Waals surface area contributed by atoms with Gasteiger partial charge in [-0.2, -0.15) is 0 Å². The fourth-order valence-electron chi connectivity index (χ4n) is 2.88. The summed E-state index contributed by atoms with van der Waals surface area (Å²) in [5, 5.41) is 0. The van der Waals surface area contributed by atoms with Crippen molar-refractivity contribution in [3.05, 3.63) is 34.9 Å². The third-order valence-corrected chi connectivity index (χ3v) is 3.96. The second-order valence-electron chi connectivity index (χ2n) is 6.57. The topological polar surface area (TPSA) is 0 Å². The smallest absolute Gasteiger partial charge is 0.0107 e. The molecular formula is C16H24. The van der Waals surface area contributed by atoms with Crippen molar-refractivity contribution in [2.75, 3.05) is 0 Å². The largest absolute Gasteiger partial charge is 0.0596 e. The maximum absolute atomic E-state index is 2.46.